The van der Waals surface area contributed by atoms with Gasteiger partial charge in [-0.1, -0.05) is 38.1 Å². The smallest absolute Gasteiger partial charge is 0.336 e. The lowest BCUT2D eigenvalue weighted by molar-refractivity contribution is -0.132. The molecule has 6 nitrogen and oxygen atoms in total. The third kappa shape index (κ3) is 2.89. The van der Waals surface area contributed by atoms with Crippen molar-refractivity contribution in [2.24, 2.45) is 0 Å². The minimum absolute atomic E-state index is 0.0251. The van der Waals surface area contributed by atoms with Gasteiger partial charge in [-0.2, -0.15) is 0 Å². The van der Waals surface area contributed by atoms with E-state index in [1.807, 2.05) is 43.3 Å². The van der Waals surface area contributed by atoms with E-state index in [2.05, 4.69) is 19.2 Å². The van der Waals surface area contributed by atoms with Crippen LogP contribution in [-0.4, -0.2) is 16.8 Å². The molecule has 1 unspecified atom stereocenters. The SMILES string of the molecule is Cc1cc2oc(=O)cc(CN3C(=O)NC4(CCc5ccccc54)C3=O)c2cc1C(C)C. The number of hydrogen-bond donors (Lipinski definition) is 1. The lowest BCUT2D eigenvalue weighted by Crippen LogP contribution is -2.41. The van der Waals surface area contributed by atoms with E-state index in [-0.39, 0.29) is 12.5 Å². The quantitative estimate of drug-likeness (QED) is 0.515. The van der Waals surface area contributed by atoms with E-state index in [4.69, 9.17) is 4.42 Å². The molecule has 0 radical (unpaired) electrons. The Morgan fingerprint density at radius 2 is 1.90 bits per heavy atom. The lowest BCUT2D eigenvalue weighted by Gasteiger charge is -2.22. The van der Waals surface area contributed by atoms with Crippen LogP contribution in [0.4, 0.5) is 4.79 Å². The molecule has 1 saturated heterocycles. The number of urea groups is 1. The highest BCUT2D eigenvalue weighted by molar-refractivity contribution is 6.08. The van der Waals surface area contributed by atoms with Gasteiger partial charge in [0.1, 0.15) is 11.1 Å². The first-order valence-electron chi connectivity index (χ1n) is 10.6. The van der Waals surface area contributed by atoms with Crippen LogP contribution in [0.25, 0.3) is 11.0 Å². The zero-order chi connectivity index (χ0) is 21.9. The van der Waals surface area contributed by atoms with Crippen LogP contribution in [0.2, 0.25) is 0 Å². The first kappa shape index (κ1) is 19.5. The van der Waals surface area contributed by atoms with Crippen molar-refractivity contribution in [1.82, 2.24) is 10.2 Å². The summed E-state index contributed by atoms with van der Waals surface area (Å²) in [5.41, 5.74) is 3.71. The minimum Gasteiger partial charge on any atom is -0.423 e. The first-order chi connectivity index (χ1) is 14.8. The number of fused-ring (bicyclic) bond motifs is 3. The number of carbonyl (C=O) groups excluding carboxylic acids is 2. The summed E-state index contributed by atoms with van der Waals surface area (Å²) in [5, 5.41) is 3.69. The maximum absolute atomic E-state index is 13.5. The van der Waals surface area contributed by atoms with Gasteiger partial charge in [-0.15, -0.1) is 0 Å². The Labute approximate surface area is 179 Å². The predicted octanol–water partition coefficient (Wildman–Crippen LogP) is 4.12. The molecule has 2 aromatic carbocycles. The molecule has 3 aromatic rings. The number of benzene rings is 2. The number of imide groups is 1. The van der Waals surface area contributed by atoms with E-state index in [0.29, 0.717) is 23.5 Å². The third-order valence-corrected chi connectivity index (χ3v) is 6.59. The average molecular weight is 416 g/mol. The van der Waals surface area contributed by atoms with Gasteiger partial charge in [0.15, 0.2) is 0 Å². The summed E-state index contributed by atoms with van der Waals surface area (Å²) in [5.74, 6) is 0.0270. The van der Waals surface area contributed by atoms with Crippen molar-refractivity contribution in [1.29, 1.82) is 0 Å². The Kier molecular flexibility index (Phi) is 4.29. The van der Waals surface area contributed by atoms with Gasteiger partial charge in [0.25, 0.3) is 5.91 Å². The second-order valence-electron chi connectivity index (χ2n) is 8.83. The van der Waals surface area contributed by atoms with Gasteiger partial charge in [-0.05, 0) is 65.6 Å². The molecule has 0 saturated carbocycles. The number of amides is 3. The zero-order valence-corrected chi connectivity index (χ0v) is 17.8. The van der Waals surface area contributed by atoms with Crippen LogP contribution < -0.4 is 10.9 Å². The number of aryl methyl sites for hydroxylation is 2. The summed E-state index contributed by atoms with van der Waals surface area (Å²) < 4.78 is 5.42. The van der Waals surface area contributed by atoms with Crippen LogP contribution in [0.1, 0.15) is 54.0 Å². The summed E-state index contributed by atoms with van der Waals surface area (Å²) >= 11 is 0. The zero-order valence-electron chi connectivity index (χ0n) is 17.8. The molecule has 1 aliphatic carbocycles. The molecule has 1 aromatic heterocycles. The van der Waals surface area contributed by atoms with Crippen molar-refractivity contribution in [3.63, 3.8) is 0 Å². The fraction of sp³-hybridized carbons (Fsp3) is 0.320. The largest absolute Gasteiger partial charge is 0.423 e. The Balaban J connectivity index is 1.58. The topological polar surface area (TPSA) is 79.6 Å². The Bertz CT molecular complexity index is 1310. The van der Waals surface area contributed by atoms with Crippen LogP contribution in [0.5, 0.6) is 0 Å². The lowest BCUT2D eigenvalue weighted by atomic mass is 9.91. The summed E-state index contributed by atoms with van der Waals surface area (Å²) in [7, 11) is 0. The molecule has 1 aliphatic heterocycles. The van der Waals surface area contributed by atoms with Crippen molar-refractivity contribution in [2.45, 2.75) is 51.6 Å². The highest BCUT2D eigenvalue weighted by Gasteiger charge is 2.55. The van der Waals surface area contributed by atoms with Crippen molar-refractivity contribution in [2.75, 3.05) is 0 Å². The van der Waals surface area contributed by atoms with E-state index in [0.717, 1.165) is 34.1 Å². The average Bonchev–Trinajstić information content (AvgIpc) is 3.20. The second kappa shape index (κ2) is 6.80. The first-order valence-corrected chi connectivity index (χ1v) is 10.6. The minimum atomic E-state index is -1.01. The van der Waals surface area contributed by atoms with E-state index in [1.165, 1.54) is 11.0 Å². The van der Waals surface area contributed by atoms with Gasteiger partial charge in [0, 0.05) is 11.5 Å². The normalized spacial score (nSPS) is 20.2. The molecular weight excluding hydrogens is 392 g/mol. The molecule has 2 aliphatic rings. The fourth-order valence-corrected chi connectivity index (χ4v) is 5.05. The molecule has 2 heterocycles. The van der Waals surface area contributed by atoms with Crippen LogP contribution in [0, 0.1) is 6.92 Å². The fourth-order valence-electron chi connectivity index (χ4n) is 5.05. The maximum atomic E-state index is 13.5. The third-order valence-electron chi connectivity index (χ3n) is 6.59. The van der Waals surface area contributed by atoms with Crippen molar-refractivity contribution >= 4 is 22.9 Å². The van der Waals surface area contributed by atoms with E-state index < -0.39 is 17.2 Å². The summed E-state index contributed by atoms with van der Waals surface area (Å²) in [6, 6.07) is 12.6. The standard InChI is InChI=1S/C25H24N2O4/c1-14(2)18-12-19-17(11-22(28)31-21(19)10-15(18)3)13-27-23(29)25(26-24(27)30)9-8-16-6-4-5-7-20(16)25/h4-7,10-12,14H,8-9,13H2,1-3H3,(H,26,30). The van der Waals surface area contributed by atoms with Gasteiger partial charge in [0.05, 0.1) is 6.54 Å². The predicted molar refractivity (Wildman–Crippen MR) is 117 cm³/mol. The van der Waals surface area contributed by atoms with E-state index in [9.17, 15) is 14.4 Å². The van der Waals surface area contributed by atoms with Crippen molar-refractivity contribution in [3.8, 4) is 0 Å². The molecule has 1 N–H and O–H groups in total. The van der Waals surface area contributed by atoms with Gasteiger partial charge >= 0.3 is 11.7 Å². The highest BCUT2D eigenvalue weighted by atomic mass is 16.4. The molecule has 1 fully saturated rings. The molecule has 1 atom stereocenters. The number of nitrogens with zero attached hydrogens (tertiary/aromatic N) is 1. The second-order valence-corrected chi connectivity index (χ2v) is 8.83. The van der Waals surface area contributed by atoms with Gasteiger partial charge < -0.3 is 9.73 Å². The Hall–Kier alpha value is -3.41. The molecule has 1 spiro atoms. The number of hydrogen-bond acceptors (Lipinski definition) is 4. The summed E-state index contributed by atoms with van der Waals surface area (Å²) in [6.45, 7) is 6.22. The number of nitrogens with one attached hydrogen (secondary N) is 1. The van der Waals surface area contributed by atoms with Crippen molar-refractivity contribution in [3.05, 3.63) is 80.7 Å². The van der Waals surface area contributed by atoms with Crippen molar-refractivity contribution < 1.29 is 14.0 Å². The Morgan fingerprint density at radius 1 is 1.13 bits per heavy atom. The van der Waals surface area contributed by atoms with E-state index >= 15 is 0 Å². The summed E-state index contributed by atoms with van der Waals surface area (Å²) in [4.78, 5) is 39.8. The number of rotatable bonds is 3. The molecule has 158 valence electrons. The van der Waals surface area contributed by atoms with Gasteiger partial charge in [-0.25, -0.2) is 9.59 Å². The molecule has 3 amide bonds. The van der Waals surface area contributed by atoms with Crippen LogP contribution in [0.15, 0.2) is 51.7 Å². The molecule has 5 rings (SSSR count). The monoisotopic (exact) mass is 416 g/mol. The molecule has 0 bridgehead atoms. The Morgan fingerprint density at radius 3 is 2.68 bits per heavy atom. The number of carbonyl (C=O) groups is 2. The van der Waals surface area contributed by atoms with E-state index in [1.54, 1.807) is 0 Å². The maximum Gasteiger partial charge on any atom is 0.336 e. The van der Waals surface area contributed by atoms with Crippen LogP contribution in [0.3, 0.4) is 0 Å². The van der Waals surface area contributed by atoms with Gasteiger partial charge in [-0.3, -0.25) is 9.69 Å². The molecule has 6 heteroatoms. The van der Waals surface area contributed by atoms with Crippen LogP contribution in [-0.2, 0) is 23.3 Å². The molecular formula is C25H24N2O4. The highest BCUT2D eigenvalue weighted by Crippen LogP contribution is 2.41. The van der Waals surface area contributed by atoms with Crippen LogP contribution >= 0.6 is 0 Å². The van der Waals surface area contributed by atoms with Gasteiger partial charge in [0.2, 0.25) is 0 Å². The summed E-state index contributed by atoms with van der Waals surface area (Å²) in [6.07, 6.45) is 1.28. The molecule has 31 heavy (non-hydrogen) atoms.